The van der Waals surface area contributed by atoms with E-state index in [4.69, 9.17) is 9.47 Å². The molecule has 2 aromatic carbocycles. The smallest absolute Gasteiger partial charge is 0.257 e. The summed E-state index contributed by atoms with van der Waals surface area (Å²) < 4.78 is 36.8. The first kappa shape index (κ1) is 18.6. The Morgan fingerprint density at radius 1 is 1.00 bits per heavy atom. The number of sulfonamides is 1. The maximum absolute atomic E-state index is 11.9. The number of benzene rings is 2. The van der Waals surface area contributed by atoms with Crippen molar-refractivity contribution in [3.63, 3.8) is 0 Å². The average molecular weight is 364 g/mol. The van der Waals surface area contributed by atoms with Crippen LogP contribution in [0.3, 0.4) is 0 Å². The Morgan fingerprint density at radius 3 is 2.32 bits per heavy atom. The van der Waals surface area contributed by atoms with E-state index < -0.39 is 15.9 Å². The minimum absolute atomic E-state index is 0.0176. The topological polar surface area (TPSA) is 93.7 Å². The molecule has 134 valence electrons. The van der Waals surface area contributed by atoms with Crippen LogP contribution in [0.15, 0.2) is 54.6 Å². The molecule has 25 heavy (non-hydrogen) atoms. The molecule has 0 atom stereocenters. The summed E-state index contributed by atoms with van der Waals surface area (Å²) in [7, 11) is -2.03. The summed E-state index contributed by atoms with van der Waals surface area (Å²) in [4.78, 5) is 11.8. The minimum atomic E-state index is -3.53. The normalized spacial score (nSPS) is 10.8. The van der Waals surface area contributed by atoms with E-state index in [-0.39, 0.29) is 18.9 Å². The summed E-state index contributed by atoms with van der Waals surface area (Å²) in [5, 5.41) is 2.51. The molecule has 0 saturated carbocycles. The third-order valence-electron chi connectivity index (χ3n) is 3.17. The predicted octanol–water partition coefficient (Wildman–Crippen LogP) is 1.63. The first-order valence-electron chi connectivity index (χ1n) is 7.58. The van der Waals surface area contributed by atoms with Crippen molar-refractivity contribution in [3.8, 4) is 11.5 Å². The lowest BCUT2D eigenvalue weighted by Crippen LogP contribution is -2.34. The van der Waals surface area contributed by atoms with Crippen LogP contribution in [0.5, 0.6) is 11.5 Å². The molecule has 0 saturated heterocycles. The molecule has 2 rings (SSSR count). The summed E-state index contributed by atoms with van der Waals surface area (Å²) in [6, 6.07) is 15.5. The number of carbonyl (C=O) groups is 1. The van der Waals surface area contributed by atoms with Gasteiger partial charge in [-0.25, -0.2) is 8.42 Å². The molecule has 2 aromatic rings. The zero-order valence-corrected chi connectivity index (χ0v) is 14.6. The molecule has 7 nitrogen and oxygen atoms in total. The van der Waals surface area contributed by atoms with Crippen LogP contribution in [0.25, 0.3) is 0 Å². The van der Waals surface area contributed by atoms with Crippen LogP contribution >= 0.6 is 0 Å². The van der Waals surface area contributed by atoms with Gasteiger partial charge in [-0.1, -0.05) is 30.3 Å². The molecule has 1 amide bonds. The van der Waals surface area contributed by atoms with Gasteiger partial charge in [-0.15, -0.1) is 0 Å². The highest BCUT2D eigenvalue weighted by molar-refractivity contribution is 7.92. The summed E-state index contributed by atoms with van der Waals surface area (Å²) in [6.07, 6.45) is 0. The first-order valence-corrected chi connectivity index (χ1v) is 9.23. The third kappa shape index (κ3) is 6.34. The predicted molar refractivity (Wildman–Crippen MR) is 95.4 cm³/mol. The van der Waals surface area contributed by atoms with Gasteiger partial charge in [0.05, 0.1) is 12.9 Å². The Bertz CT molecular complexity index is 794. The van der Waals surface area contributed by atoms with Gasteiger partial charge in [0.15, 0.2) is 18.1 Å². The summed E-state index contributed by atoms with van der Waals surface area (Å²) in [6.45, 7) is -0.247. The van der Waals surface area contributed by atoms with Crippen LogP contribution in [-0.2, 0) is 14.8 Å². The van der Waals surface area contributed by atoms with E-state index in [1.807, 2.05) is 0 Å². The zero-order valence-electron chi connectivity index (χ0n) is 13.8. The van der Waals surface area contributed by atoms with Gasteiger partial charge in [0, 0.05) is 12.2 Å². The van der Waals surface area contributed by atoms with Gasteiger partial charge in [0.1, 0.15) is 0 Å². The van der Waals surface area contributed by atoms with Crippen LogP contribution in [0.1, 0.15) is 0 Å². The van der Waals surface area contributed by atoms with Gasteiger partial charge in [0.2, 0.25) is 10.0 Å². The number of ether oxygens (including phenoxy) is 2. The fraction of sp³-hybridized carbons (Fsp3) is 0.235. The fourth-order valence-corrected chi connectivity index (χ4v) is 2.96. The van der Waals surface area contributed by atoms with Gasteiger partial charge in [0.25, 0.3) is 5.91 Å². The van der Waals surface area contributed by atoms with E-state index in [0.29, 0.717) is 17.2 Å². The van der Waals surface area contributed by atoms with Gasteiger partial charge in [-0.05, 0) is 24.3 Å². The maximum atomic E-state index is 11.9. The van der Waals surface area contributed by atoms with Crippen molar-refractivity contribution in [1.82, 2.24) is 5.32 Å². The van der Waals surface area contributed by atoms with Crippen molar-refractivity contribution in [1.29, 1.82) is 0 Å². The van der Waals surface area contributed by atoms with Crippen LogP contribution in [-0.4, -0.2) is 40.3 Å². The van der Waals surface area contributed by atoms with E-state index in [0.717, 1.165) is 0 Å². The van der Waals surface area contributed by atoms with Crippen molar-refractivity contribution in [2.75, 3.05) is 30.7 Å². The maximum Gasteiger partial charge on any atom is 0.257 e. The molecule has 0 spiro atoms. The zero-order chi connectivity index (χ0) is 18.1. The lowest BCUT2D eigenvalue weighted by Gasteiger charge is -2.11. The van der Waals surface area contributed by atoms with Crippen LogP contribution in [0.4, 0.5) is 5.69 Å². The van der Waals surface area contributed by atoms with Crippen molar-refractivity contribution < 1.29 is 22.7 Å². The number of methoxy groups -OCH3 is 1. The summed E-state index contributed by atoms with van der Waals surface area (Å²) in [5.41, 5.74) is 0.480. The number of hydrogen-bond donors (Lipinski definition) is 2. The van der Waals surface area contributed by atoms with E-state index in [1.165, 1.54) is 7.11 Å². The first-order chi connectivity index (χ1) is 12.0. The Kier molecular flexibility index (Phi) is 6.64. The minimum Gasteiger partial charge on any atom is -0.493 e. The fourth-order valence-electron chi connectivity index (χ4n) is 1.99. The Balaban J connectivity index is 1.74. The van der Waals surface area contributed by atoms with E-state index in [2.05, 4.69) is 10.0 Å². The molecule has 0 aliphatic heterocycles. The van der Waals surface area contributed by atoms with Gasteiger partial charge in [-0.2, -0.15) is 0 Å². The third-order valence-corrected chi connectivity index (χ3v) is 4.46. The highest BCUT2D eigenvalue weighted by Gasteiger charge is 2.12. The quantitative estimate of drug-likeness (QED) is 0.705. The number of rotatable bonds is 9. The number of amides is 1. The summed E-state index contributed by atoms with van der Waals surface area (Å²) in [5.74, 6) is 0.312. The van der Waals surface area contributed by atoms with Gasteiger partial charge >= 0.3 is 0 Å². The Morgan fingerprint density at radius 2 is 1.64 bits per heavy atom. The number of hydrogen-bond acceptors (Lipinski definition) is 5. The average Bonchev–Trinajstić information content (AvgIpc) is 2.60. The molecular weight excluding hydrogens is 344 g/mol. The molecule has 0 aliphatic carbocycles. The molecule has 0 heterocycles. The second kappa shape index (κ2) is 8.93. The highest BCUT2D eigenvalue weighted by Crippen LogP contribution is 2.25. The lowest BCUT2D eigenvalue weighted by atomic mass is 10.3. The number of anilines is 1. The number of nitrogens with one attached hydrogen (secondary N) is 2. The standard InChI is InChI=1S/C17H20N2O5S/c1-23-15-9-5-6-10-16(15)24-13-17(20)18-11-12-25(21,22)19-14-7-3-2-4-8-14/h2-10,19H,11-13H2,1H3,(H,18,20). The molecule has 0 unspecified atom stereocenters. The summed E-state index contributed by atoms with van der Waals surface area (Å²) >= 11 is 0. The second-order valence-electron chi connectivity index (χ2n) is 5.08. The largest absolute Gasteiger partial charge is 0.493 e. The molecule has 0 fully saturated rings. The van der Waals surface area contributed by atoms with Crippen molar-refractivity contribution in [3.05, 3.63) is 54.6 Å². The van der Waals surface area contributed by atoms with Crippen LogP contribution in [0, 0.1) is 0 Å². The lowest BCUT2D eigenvalue weighted by molar-refractivity contribution is -0.122. The second-order valence-corrected chi connectivity index (χ2v) is 6.92. The number of para-hydroxylation sites is 3. The van der Waals surface area contributed by atoms with E-state index >= 15 is 0 Å². The molecule has 0 aliphatic rings. The molecule has 0 radical (unpaired) electrons. The Labute approximate surface area is 147 Å². The molecule has 0 aromatic heterocycles. The Hall–Kier alpha value is -2.74. The number of carbonyl (C=O) groups excluding carboxylic acids is 1. The molecule has 8 heteroatoms. The SMILES string of the molecule is COc1ccccc1OCC(=O)NCCS(=O)(=O)Nc1ccccc1. The van der Waals surface area contributed by atoms with Crippen LogP contribution < -0.4 is 19.5 Å². The van der Waals surface area contributed by atoms with Crippen molar-refractivity contribution in [2.24, 2.45) is 0 Å². The van der Waals surface area contributed by atoms with E-state index in [1.54, 1.807) is 54.6 Å². The molecular formula is C17H20N2O5S. The van der Waals surface area contributed by atoms with Crippen molar-refractivity contribution >= 4 is 21.6 Å². The van der Waals surface area contributed by atoms with E-state index in [9.17, 15) is 13.2 Å². The molecule has 0 bridgehead atoms. The highest BCUT2D eigenvalue weighted by atomic mass is 32.2. The van der Waals surface area contributed by atoms with Gasteiger partial charge < -0.3 is 14.8 Å². The van der Waals surface area contributed by atoms with Crippen molar-refractivity contribution in [2.45, 2.75) is 0 Å². The van der Waals surface area contributed by atoms with Crippen LogP contribution in [0.2, 0.25) is 0 Å². The molecule has 2 N–H and O–H groups in total. The monoisotopic (exact) mass is 364 g/mol. The van der Waals surface area contributed by atoms with Gasteiger partial charge in [-0.3, -0.25) is 9.52 Å².